The van der Waals surface area contributed by atoms with Crippen LogP contribution < -0.4 is 14.4 Å². The molecule has 0 fully saturated rings. The molecule has 0 aliphatic carbocycles. The summed E-state index contributed by atoms with van der Waals surface area (Å²) in [5.41, 5.74) is 0.344. The quantitative estimate of drug-likeness (QED) is 0.270. The van der Waals surface area contributed by atoms with Crippen LogP contribution in [0.3, 0.4) is 0 Å². The van der Waals surface area contributed by atoms with Crippen LogP contribution in [0.5, 0.6) is 11.5 Å². The number of amides is 1. The highest BCUT2D eigenvalue weighted by molar-refractivity contribution is 6.12. The van der Waals surface area contributed by atoms with Crippen molar-refractivity contribution in [2.24, 2.45) is 0 Å². The molecule has 1 aliphatic rings. The summed E-state index contributed by atoms with van der Waals surface area (Å²) in [5.74, 6) is -0.721. The smallest absolute Gasteiger partial charge is 0.286 e. The monoisotopic (exact) mass is 477 g/mol. The van der Waals surface area contributed by atoms with Gasteiger partial charge in [0.1, 0.15) is 18.5 Å². The van der Waals surface area contributed by atoms with Gasteiger partial charge in [-0.25, -0.2) is 0 Å². The molecule has 35 heavy (non-hydrogen) atoms. The number of ether oxygens (including phenoxy) is 2. The van der Waals surface area contributed by atoms with Gasteiger partial charge in [0.05, 0.1) is 34.8 Å². The molecule has 1 heterocycles. The van der Waals surface area contributed by atoms with Crippen LogP contribution in [0.1, 0.15) is 21.5 Å². The minimum absolute atomic E-state index is 0.0593. The van der Waals surface area contributed by atoms with E-state index in [1.165, 1.54) is 31.4 Å². The lowest BCUT2D eigenvalue weighted by molar-refractivity contribution is -0.385. The molecule has 0 spiro atoms. The number of carbonyl (C=O) groups excluding carboxylic acids is 2. The second-order valence-corrected chi connectivity index (χ2v) is 7.70. The highest BCUT2D eigenvalue weighted by atomic mass is 16.6. The van der Waals surface area contributed by atoms with Crippen LogP contribution in [-0.4, -0.2) is 35.2 Å². The van der Waals surface area contributed by atoms with Crippen molar-refractivity contribution in [1.82, 2.24) is 0 Å². The van der Waals surface area contributed by atoms with Gasteiger partial charge in [0.25, 0.3) is 17.3 Å². The normalized spacial score (nSPS) is 14.2. The summed E-state index contributed by atoms with van der Waals surface area (Å²) in [6.45, 7) is 0.109. The molecule has 0 saturated heterocycles. The number of hydrogen-bond acceptors (Lipinski definition) is 8. The topological polar surface area (TPSA) is 142 Å². The van der Waals surface area contributed by atoms with E-state index >= 15 is 0 Å². The summed E-state index contributed by atoms with van der Waals surface area (Å²) in [6.07, 6.45) is 0.663. The zero-order valence-corrected chi connectivity index (χ0v) is 18.5. The van der Waals surface area contributed by atoms with Crippen molar-refractivity contribution in [3.8, 4) is 11.5 Å². The highest BCUT2D eigenvalue weighted by Gasteiger charge is 2.38. The Morgan fingerprint density at radius 1 is 1.06 bits per heavy atom. The Balaban J connectivity index is 1.75. The van der Waals surface area contributed by atoms with Crippen molar-refractivity contribution < 1.29 is 28.9 Å². The molecule has 178 valence electrons. The van der Waals surface area contributed by atoms with E-state index in [1.54, 1.807) is 0 Å². The summed E-state index contributed by atoms with van der Waals surface area (Å²) in [7, 11) is 1.33. The zero-order chi connectivity index (χ0) is 25.1. The van der Waals surface area contributed by atoms with E-state index < -0.39 is 27.5 Å². The maximum Gasteiger partial charge on any atom is 0.286 e. The van der Waals surface area contributed by atoms with E-state index in [9.17, 15) is 29.8 Å². The fourth-order valence-electron chi connectivity index (χ4n) is 3.94. The predicted molar refractivity (Wildman–Crippen MR) is 124 cm³/mol. The van der Waals surface area contributed by atoms with Crippen LogP contribution >= 0.6 is 0 Å². The van der Waals surface area contributed by atoms with Gasteiger partial charge in [-0.1, -0.05) is 36.4 Å². The number of fused-ring (bicyclic) bond motifs is 1. The van der Waals surface area contributed by atoms with Gasteiger partial charge < -0.3 is 14.3 Å². The van der Waals surface area contributed by atoms with E-state index in [4.69, 9.17) is 9.47 Å². The summed E-state index contributed by atoms with van der Waals surface area (Å²) in [4.78, 5) is 48.1. The van der Waals surface area contributed by atoms with Crippen molar-refractivity contribution >= 4 is 29.3 Å². The number of methoxy groups -OCH3 is 1. The van der Waals surface area contributed by atoms with Crippen molar-refractivity contribution in [3.05, 3.63) is 97.6 Å². The Morgan fingerprint density at radius 2 is 1.80 bits per heavy atom. The molecule has 4 rings (SSSR count). The van der Waals surface area contributed by atoms with E-state index in [0.29, 0.717) is 11.8 Å². The molecule has 0 N–H and O–H groups in total. The maximum absolute atomic E-state index is 13.5. The molecule has 0 bridgehead atoms. The lowest BCUT2D eigenvalue weighted by Crippen LogP contribution is -2.39. The van der Waals surface area contributed by atoms with Gasteiger partial charge in [-0.2, -0.15) is 0 Å². The van der Waals surface area contributed by atoms with Gasteiger partial charge >= 0.3 is 0 Å². The highest BCUT2D eigenvalue weighted by Crippen LogP contribution is 2.40. The standard InChI is InChI=1S/C24H19N3O8/c1-34-22-11-19(21(27(32)33)12-23(22)35-14-15-5-3-2-4-6-15)24(29)25-18(13-28)9-16-7-8-17(26(30)31)10-20(16)25/h2-8,10-13,18H,9,14H2,1H3/t18-/m1/s1. The zero-order valence-electron chi connectivity index (χ0n) is 18.5. The van der Waals surface area contributed by atoms with Crippen LogP contribution in [0.15, 0.2) is 60.7 Å². The minimum atomic E-state index is -0.973. The minimum Gasteiger partial charge on any atom is -0.493 e. The van der Waals surface area contributed by atoms with Crippen molar-refractivity contribution in [3.63, 3.8) is 0 Å². The van der Waals surface area contributed by atoms with Crippen molar-refractivity contribution in [1.29, 1.82) is 0 Å². The number of nitro benzene ring substituents is 2. The SMILES string of the molecule is COc1cc(C(=O)N2c3cc([N+](=O)[O-])ccc3C[C@@H]2C=O)c([N+](=O)[O-])cc1OCc1ccccc1. The number of nitrogens with zero attached hydrogens (tertiary/aromatic N) is 3. The number of nitro groups is 2. The third-order valence-corrected chi connectivity index (χ3v) is 5.62. The third-order valence-electron chi connectivity index (χ3n) is 5.62. The van der Waals surface area contributed by atoms with Gasteiger partial charge in [-0.3, -0.25) is 29.9 Å². The molecule has 3 aromatic rings. The number of benzene rings is 3. The Kier molecular flexibility index (Phi) is 6.40. The van der Waals surface area contributed by atoms with Crippen LogP contribution in [0.4, 0.5) is 17.1 Å². The van der Waals surface area contributed by atoms with Gasteiger partial charge in [0.2, 0.25) is 0 Å². The third kappa shape index (κ3) is 4.51. The average Bonchev–Trinajstić information content (AvgIpc) is 3.24. The number of carbonyl (C=O) groups is 2. The van der Waals surface area contributed by atoms with Gasteiger partial charge in [0.15, 0.2) is 11.5 Å². The fourth-order valence-corrected chi connectivity index (χ4v) is 3.94. The maximum atomic E-state index is 13.5. The fraction of sp³-hybridized carbons (Fsp3) is 0.167. The molecule has 1 aliphatic heterocycles. The first-order chi connectivity index (χ1) is 16.8. The first kappa shape index (κ1) is 23.4. The molecule has 3 aromatic carbocycles. The van der Waals surface area contributed by atoms with E-state index in [1.807, 2.05) is 30.3 Å². The van der Waals surface area contributed by atoms with Gasteiger partial charge in [-0.05, 0) is 11.1 Å². The van der Waals surface area contributed by atoms with E-state index in [0.717, 1.165) is 16.5 Å². The second kappa shape index (κ2) is 9.59. The molecular formula is C24H19N3O8. The molecule has 1 amide bonds. The molecule has 1 atom stereocenters. The van der Waals surface area contributed by atoms with Crippen LogP contribution in [0.2, 0.25) is 0 Å². The van der Waals surface area contributed by atoms with Crippen LogP contribution in [0.25, 0.3) is 0 Å². The summed E-state index contributed by atoms with van der Waals surface area (Å²) in [6, 6.07) is 14.3. The summed E-state index contributed by atoms with van der Waals surface area (Å²) >= 11 is 0. The lowest BCUT2D eigenvalue weighted by atomic mass is 10.1. The number of aldehydes is 1. The summed E-state index contributed by atoms with van der Waals surface area (Å²) in [5, 5.41) is 23.1. The first-order valence-corrected chi connectivity index (χ1v) is 10.4. The number of non-ortho nitro benzene ring substituents is 1. The molecule has 0 saturated carbocycles. The predicted octanol–water partition coefficient (Wildman–Crippen LogP) is 3.86. The number of rotatable bonds is 8. The van der Waals surface area contributed by atoms with Crippen LogP contribution in [-0.2, 0) is 17.8 Å². The second-order valence-electron chi connectivity index (χ2n) is 7.70. The molecular weight excluding hydrogens is 458 g/mol. The van der Waals surface area contributed by atoms with E-state index in [2.05, 4.69) is 0 Å². The molecule has 0 unspecified atom stereocenters. The average molecular weight is 477 g/mol. The first-order valence-electron chi connectivity index (χ1n) is 10.4. The molecule has 11 heteroatoms. The van der Waals surface area contributed by atoms with Crippen LogP contribution in [0, 0.1) is 20.2 Å². The largest absolute Gasteiger partial charge is 0.493 e. The van der Waals surface area contributed by atoms with Crippen molar-refractivity contribution in [2.45, 2.75) is 19.1 Å². The Hall–Kier alpha value is -4.80. The number of hydrogen-bond donors (Lipinski definition) is 0. The van der Waals surface area contributed by atoms with Gasteiger partial charge in [0, 0.05) is 24.6 Å². The van der Waals surface area contributed by atoms with E-state index in [-0.39, 0.29) is 41.5 Å². The van der Waals surface area contributed by atoms with Crippen molar-refractivity contribution in [2.75, 3.05) is 12.0 Å². The molecule has 11 nitrogen and oxygen atoms in total. The Bertz CT molecular complexity index is 1330. The molecule has 0 aromatic heterocycles. The Labute approximate surface area is 198 Å². The summed E-state index contributed by atoms with van der Waals surface area (Å²) < 4.78 is 11.0. The lowest BCUT2D eigenvalue weighted by Gasteiger charge is -2.22. The Morgan fingerprint density at radius 3 is 2.43 bits per heavy atom. The van der Waals surface area contributed by atoms with Gasteiger partial charge in [-0.15, -0.1) is 0 Å². The molecule has 0 radical (unpaired) electrons. The number of anilines is 1.